The standard InChI is InChI=1S/C30H33F3N6O3/c1-34-29(40)22-4-2-3-5-24(22)37-25-15-28(35-16-23(25)30(31,32)33)36-19-6-7-26-27(14-19)42-18-21-17-38(10-11-39(21)26)20-8-12-41-13-9-20/h2-7,14-16,20-21H,8-13,17-18H2,1H3,(H,34,40)(H2,35,36,37)/t21-/m0/s1. The van der Waals surface area contributed by atoms with Crippen LogP contribution in [0.2, 0.25) is 0 Å². The second-order valence-corrected chi connectivity index (χ2v) is 10.7. The van der Waals surface area contributed by atoms with Gasteiger partial charge in [0.2, 0.25) is 0 Å². The van der Waals surface area contributed by atoms with Gasteiger partial charge >= 0.3 is 6.18 Å². The molecule has 0 aliphatic carbocycles. The summed E-state index contributed by atoms with van der Waals surface area (Å²) in [4.78, 5) is 21.3. The van der Waals surface area contributed by atoms with E-state index in [-0.39, 0.29) is 28.8 Å². The summed E-state index contributed by atoms with van der Waals surface area (Å²) >= 11 is 0. The Morgan fingerprint density at radius 1 is 1.00 bits per heavy atom. The SMILES string of the molecule is CNC(=O)c1ccccc1Nc1cc(Nc2ccc3c(c2)OC[C@@H]2CN(C4CCOCC4)CCN32)ncc1C(F)(F)F. The molecule has 3 aliphatic rings. The van der Waals surface area contributed by atoms with E-state index >= 15 is 0 Å². The number of ether oxygens (including phenoxy) is 2. The zero-order valence-electron chi connectivity index (χ0n) is 23.2. The largest absolute Gasteiger partial charge is 0.489 e. The van der Waals surface area contributed by atoms with Crippen molar-refractivity contribution in [1.29, 1.82) is 0 Å². The molecule has 2 saturated heterocycles. The first-order valence-electron chi connectivity index (χ1n) is 14.1. The Labute approximate surface area is 242 Å². The molecule has 0 unspecified atom stereocenters. The highest BCUT2D eigenvalue weighted by atomic mass is 19.4. The van der Waals surface area contributed by atoms with Gasteiger partial charge in [-0.15, -0.1) is 0 Å². The molecular weight excluding hydrogens is 549 g/mol. The number of benzene rings is 2. The minimum absolute atomic E-state index is 0.210. The number of aromatic nitrogens is 1. The summed E-state index contributed by atoms with van der Waals surface area (Å²) in [6.07, 6.45) is -1.74. The molecule has 12 heteroatoms. The molecule has 0 bridgehead atoms. The van der Waals surface area contributed by atoms with Crippen LogP contribution in [0, 0.1) is 0 Å². The fourth-order valence-electron chi connectivity index (χ4n) is 5.92. The van der Waals surface area contributed by atoms with Gasteiger partial charge in [0.05, 0.1) is 34.2 Å². The average Bonchev–Trinajstić information content (AvgIpc) is 3.00. The molecular formula is C30H33F3N6O3. The van der Waals surface area contributed by atoms with Crippen LogP contribution in [-0.2, 0) is 10.9 Å². The Morgan fingerprint density at radius 3 is 2.60 bits per heavy atom. The molecule has 0 radical (unpaired) electrons. The van der Waals surface area contributed by atoms with Gasteiger partial charge in [0.25, 0.3) is 5.91 Å². The highest BCUT2D eigenvalue weighted by Crippen LogP contribution is 2.40. The van der Waals surface area contributed by atoms with Crippen LogP contribution in [0.3, 0.4) is 0 Å². The zero-order valence-corrected chi connectivity index (χ0v) is 23.2. The Morgan fingerprint density at radius 2 is 1.81 bits per heavy atom. The maximum Gasteiger partial charge on any atom is 0.419 e. The van der Waals surface area contributed by atoms with E-state index in [0.29, 0.717) is 18.3 Å². The number of fused-ring (bicyclic) bond motifs is 3. The van der Waals surface area contributed by atoms with Gasteiger partial charge in [0.15, 0.2) is 0 Å². The highest BCUT2D eigenvalue weighted by molar-refractivity contribution is 6.00. The molecule has 6 rings (SSSR count). The second kappa shape index (κ2) is 11.7. The molecule has 222 valence electrons. The lowest BCUT2D eigenvalue weighted by Gasteiger charge is -2.48. The number of para-hydroxylation sites is 1. The number of hydrogen-bond acceptors (Lipinski definition) is 8. The number of nitrogens with one attached hydrogen (secondary N) is 3. The predicted molar refractivity (Wildman–Crippen MR) is 154 cm³/mol. The van der Waals surface area contributed by atoms with Crippen LogP contribution < -0.4 is 25.6 Å². The number of anilines is 5. The number of rotatable bonds is 6. The minimum atomic E-state index is -4.65. The smallest absolute Gasteiger partial charge is 0.419 e. The van der Waals surface area contributed by atoms with Crippen molar-refractivity contribution in [1.82, 2.24) is 15.2 Å². The maximum atomic E-state index is 13.9. The number of hydrogen-bond donors (Lipinski definition) is 3. The van der Waals surface area contributed by atoms with E-state index in [1.54, 1.807) is 18.2 Å². The minimum Gasteiger partial charge on any atom is -0.489 e. The topological polar surface area (TPSA) is 91.0 Å². The number of carbonyl (C=O) groups is 1. The zero-order chi connectivity index (χ0) is 29.3. The lowest BCUT2D eigenvalue weighted by molar-refractivity contribution is -0.137. The van der Waals surface area contributed by atoms with Gasteiger partial charge in [-0.3, -0.25) is 9.69 Å². The number of halogens is 3. The first kappa shape index (κ1) is 28.1. The molecule has 4 heterocycles. The number of amides is 1. The molecule has 2 aromatic carbocycles. The van der Waals surface area contributed by atoms with Crippen LogP contribution in [0.4, 0.5) is 41.7 Å². The van der Waals surface area contributed by atoms with E-state index in [9.17, 15) is 18.0 Å². The predicted octanol–water partition coefficient (Wildman–Crippen LogP) is 5.01. The lowest BCUT2D eigenvalue weighted by atomic mass is 10.0. The van der Waals surface area contributed by atoms with Crippen LogP contribution >= 0.6 is 0 Å². The van der Waals surface area contributed by atoms with Crippen LogP contribution in [0.15, 0.2) is 54.7 Å². The first-order chi connectivity index (χ1) is 20.3. The fourth-order valence-corrected chi connectivity index (χ4v) is 5.92. The summed E-state index contributed by atoms with van der Waals surface area (Å²) in [5.74, 6) is 0.516. The van der Waals surface area contributed by atoms with Crippen molar-refractivity contribution in [3.8, 4) is 5.75 Å². The van der Waals surface area contributed by atoms with Gasteiger partial charge in [0.1, 0.15) is 18.2 Å². The Hall–Kier alpha value is -4.03. The summed E-state index contributed by atoms with van der Waals surface area (Å²) in [5, 5.41) is 8.41. The normalized spacial score (nSPS) is 19.3. The molecule has 3 N–H and O–H groups in total. The molecule has 0 spiro atoms. The third-order valence-corrected chi connectivity index (χ3v) is 8.07. The molecule has 1 amide bonds. The number of carbonyl (C=O) groups excluding carboxylic acids is 1. The number of nitrogens with zero attached hydrogens (tertiary/aromatic N) is 3. The summed E-state index contributed by atoms with van der Waals surface area (Å²) < 4.78 is 53.3. The third-order valence-electron chi connectivity index (χ3n) is 8.07. The van der Waals surface area contributed by atoms with Crippen molar-refractivity contribution in [2.75, 3.05) is 62.0 Å². The van der Waals surface area contributed by atoms with Gasteiger partial charge in [0, 0.05) is 70.0 Å². The van der Waals surface area contributed by atoms with E-state index in [1.165, 1.54) is 19.2 Å². The van der Waals surface area contributed by atoms with E-state index in [1.807, 2.05) is 18.2 Å². The van der Waals surface area contributed by atoms with Gasteiger partial charge in [-0.05, 0) is 37.1 Å². The van der Waals surface area contributed by atoms with E-state index in [4.69, 9.17) is 9.47 Å². The van der Waals surface area contributed by atoms with Crippen LogP contribution in [0.5, 0.6) is 5.75 Å². The molecule has 2 fully saturated rings. The summed E-state index contributed by atoms with van der Waals surface area (Å²) in [6.45, 7) is 5.03. The average molecular weight is 583 g/mol. The molecule has 1 aromatic heterocycles. The molecule has 42 heavy (non-hydrogen) atoms. The van der Waals surface area contributed by atoms with Crippen molar-refractivity contribution in [3.63, 3.8) is 0 Å². The highest BCUT2D eigenvalue weighted by Gasteiger charge is 2.36. The quantitative estimate of drug-likeness (QED) is 0.374. The third kappa shape index (κ3) is 5.82. The number of pyridine rings is 1. The number of alkyl halides is 3. The maximum absolute atomic E-state index is 13.9. The molecule has 3 aliphatic heterocycles. The van der Waals surface area contributed by atoms with Gasteiger partial charge in [-0.25, -0.2) is 4.98 Å². The first-order valence-corrected chi connectivity index (χ1v) is 14.1. The van der Waals surface area contributed by atoms with Crippen LogP contribution in [0.25, 0.3) is 0 Å². The summed E-state index contributed by atoms with van der Waals surface area (Å²) in [7, 11) is 1.46. The fraction of sp³-hybridized carbons (Fsp3) is 0.400. The van der Waals surface area contributed by atoms with Crippen molar-refractivity contribution in [2.45, 2.75) is 31.1 Å². The van der Waals surface area contributed by atoms with E-state index in [2.05, 4.69) is 30.7 Å². The Bertz CT molecular complexity index is 1450. The van der Waals surface area contributed by atoms with Crippen LogP contribution in [0.1, 0.15) is 28.8 Å². The monoisotopic (exact) mass is 582 g/mol. The van der Waals surface area contributed by atoms with Crippen molar-refractivity contribution in [2.24, 2.45) is 0 Å². The number of piperazine rings is 1. The van der Waals surface area contributed by atoms with Crippen LogP contribution in [-0.4, -0.2) is 74.4 Å². The Kier molecular flexibility index (Phi) is 7.82. The van der Waals surface area contributed by atoms with Gasteiger partial charge < -0.3 is 30.3 Å². The second-order valence-electron chi connectivity index (χ2n) is 10.7. The molecule has 9 nitrogen and oxygen atoms in total. The van der Waals surface area contributed by atoms with E-state index < -0.39 is 17.6 Å². The van der Waals surface area contributed by atoms with Crippen molar-refractivity contribution >= 4 is 34.5 Å². The van der Waals surface area contributed by atoms with Crippen molar-refractivity contribution < 1.29 is 27.4 Å². The molecule has 3 aromatic rings. The summed E-state index contributed by atoms with van der Waals surface area (Å²) in [5.41, 5.74) is 0.940. The van der Waals surface area contributed by atoms with Crippen molar-refractivity contribution in [3.05, 3.63) is 65.9 Å². The van der Waals surface area contributed by atoms with Gasteiger partial charge in [-0.2, -0.15) is 13.2 Å². The van der Waals surface area contributed by atoms with E-state index in [0.717, 1.165) is 63.3 Å². The Balaban J connectivity index is 1.20. The molecule has 0 saturated carbocycles. The summed E-state index contributed by atoms with van der Waals surface area (Å²) in [6, 6.07) is 14.2. The lowest BCUT2D eigenvalue weighted by Crippen LogP contribution is -2.59. The van der Waals surface area contributed by atoms with Gasteiger partial charge in [-0.1, -0.05) is 12.1 Å². The molecule has 1 atom stereocenters.